The van der Waals surface area contributed by atoms with Gasteiger partial charge >= 0.3 is 0 Å². The third-order valence-electron chi connectivity index (χ3n) is 4.15. The van der Waals surface area contributed by atoms with Gasteiger partial charge in [0, 0.05) is 19.6 Å². The lowest BCUT2D eigenvalue weighted by atomic mass is 9.95. The Hall–Kier alpha value is -0.610. The Bertz CT molecular complexity index is 261. The lowest BCUT2D eigenvalue weighted by molar-refractivity contribution is -0.136. The fourth-order valence-electron chi connectivity index (χ4n) is 2.87. The van der Waals surface area contributed by atoms with Gasteiger partial charge in [-0.15, -0.1) is 0 Å². The van der Waals surface area contributed by atoms with Gasteiger partial charge in [-0.25, -0.2) is 0 Å². The van der Waals surface area contributed by atoms with Crippen molar-refractivity contribution >= 4 is 5.91 Å². The Morgan fingerprint density at radius 1 is 1.29 bits per heavy atom. The van der Waals surface area contributed by atoms with Crippen LogP contribution in [0, 0.1) is 5.92 Å². The highest BCUT2D eigenvalue weighted by molar-refractivity contribution is 5.82. The van der Waals surface area contributed by atoms with Gasteiger partial charge in [-0.05, 0) is 45.3 Å². The Morgan fingerprint density at radius 3 is 2.65 bits per heavy atom. The van der Waals surface area contributed by atoms with Crippen LogP contribution in [-0.4, -0.2) is 61.0 Å². The van der Waals surface area contributed by atoms with Gasteiger partial charge in [0.05, 0.1) is 6.04 Å². The van der Waals surface area contributed by atoms with Crippen LogP contribution in [-0.2, 0) is 4.79 Å². The van der Waals surface area contributed by atoms with E-state index in [1.54, 1.807) is 0 Å². The molecule has 0 aromatic carbocycles. The van der Waals surface area contributed by atoms with Crippen LogP contribution >= 0.6 is 0 Å². The number of hydrogen-bond acceptors (Lipinski definition) is 3. The summed E-state index contributed by atoms with van der Waals surface area (Å²) in [4.78, 5) is 16.5. The van der Waals surface area contributed by atoms with Crippen molar-refractivity contribution in [1.82, 2.24) is 15.1 Å². The van der Waals surface area contributed by atoms with E-state index >= 15 is 0 Å². The minimum absolute atomic E-state index is 0.0134. The van der Waals surface area contributed by atoms with Gasteiger partial charge in [0.1, 0.15) is 0 Å². The van der Waals surface area contributed by atoms with Crippen molar-refractivity contribution in [1.29, 1.82) is 0 Å². The molecular formula is C13H25N3O. The van der Waals surface area contributed by atoms with Gasteiger partial charge in [0.15, 0.2) is 0 Å². The highest BCUT2D eigenvalue weighted by Crippen LogP contribution is 2.19. The number of piperazine rings is 1. The molecule has 2 rings (SSSR count). The van der Waals surface area contributed by atoms with E-state index in [0.29, 0.717) is 5.92 Å². The topological polar surface area (TPSA) is 35.6 Å². The van der Waals surface area contributed by atoms with Crippen LogP contribution in [0.5, 0.6) is 0 Å². The Balaban J connectivity index is 1.79. The molecule has 2 aliphatic rings. The van der Waals surface area contributed by atoms with E-state index in [1.807, 2.05) is 6.92 Å². The molecule has 4 heteroatoms. The molecular weight excluding hydrogens is 214 g/mol. The Labute approximate surface area is 104 Å². The smallest absolute Gasteiger partial charge is 0.239 e. The van der Waals surface area contributed by atoms with Crippen LogP contribution in [0.2, 0.25) is 0 Å². The summed E-state index contributed by atoms with van der Waals surface area (Å²) in [6.07, 6.45) is 2.50. The minimum atomic E-state index is 0.0134. The molecule has 0 bridgehead atoms. The number of amides is 1. The molecule has 2 heterocycles. The monoisotopic (exact) mass is 239 g/mol. The number of carbonyl (C=O) groups is 1. The third kappa shape index (κ3) is 3.19. The van der Waals surface area contributed by atoms with Crippen LogP contribution in [0.1, 0.15) is 26.7 Å². The third-order valence-corrected chi connectivity index (χ3v) is 4.15. The first kappa shape index (κ1) is 12.8. The molecule has 2 saturated heterocycles. The lowest BCUT2D eigenvalue weighted by Crippen LogP contribution is -2.55. The first-order valence-electron chi connectivity index (χ1n) is 6.95. The van der Waals surface area contributed by atoms with E-state index in [0.717, 1.165) is 26.2 Å². The first-order chi connectivity index (χ1) is 8.20. The van der Waals surface area contributed by atoms with Gasteiger partial charge in [-0.3, -0.25) is 4.79 Å². The van der Waals surface area contributed by atoms with Gasteiger partial charge in [0.2, 0.25) is 5.91 Å². The van der Waals surface area contributed by atoms with Crippen molar-refractivity contribution < 1.29 is 4.79 Å². The number of hydrogen-bond donors (Lipinski definition) is 1. The second kappa shape index (κ2) is 5.83. The lowest BCUT2D eigenvalue weighted by Gasteiger charge is -2.37. The number of carbonyl (C=O) groups excluding carboxylic acids is 1. The van der Waals surface area contributed by atoms with Crippen molar-refractivity contribution in [2.75, 3.05) is 39.3 Å². The SMILES string of the molecule is CCN1CCC(CN2CCNC(C)C2=O)CC1. The van der Waals surface area contributed by atoms with Crippen molar-refractivity contribution in [3.8, 4) is 0 Å². The molecule has 1 N–H and O–H groups in total. The van der Waals surface area contributed by atoms with Crippen molar-refractivity contribution in [2.45, 2.75) is 32.7 Å². The number of nitrogens with zero attached hydrogens (tertiary/aromatic N) is 2. The summed E-state index contributed by atoms with van der Waals surface area (Å²) in [5.74, 6) is 1.00. The van der Waals surface area contributed by atoms with Gasteiger partial charge in [-0.2, -0.15) is 0 Å². The van der Waals surface area contributed by atoms with Crippen molar-refractivity contribution in [3.05, 3.63) is 0 Å². The van der Waals surface area contributed by atoms with Crippen LogP contribution in [0.4, 0.5) is 0 Å². The summed E-state index contributed by atoms with van der Waals surface area (Å²) >= 11 is 0. The molecule has 2 fully saturated rings. The molecule has 0 radical (unpaired) electrons. The molecule has 1 atom stereocenters. The summed E-state index contributed by atoms with van der Waals surface area (Å²) in [7, 11) is 0. The van der Waals surface area contributed by atoms with E-state index in [2.05, 4.69) is 22.0 Å². The Morgan fingerprint density at radius 2 is 2.00 bits per heavy atom. The molecule has 4 nitrogen and oxygen atoms in total. The summed E-state index contributed by atoms with van der Waals surface area (Å²) in [5.41, 5.74) is 0. The zero-order chi connectivity index (χ0) is 12.3. The summed E-state index contributed by atoms with van der Waals surface area (Å²) in [6.45, 7) is 10.6. The normalized spacial score (nSPS) is 28.7. The number of nitrogens with one attached hydrogen (secondary N) is 1. The molecule has 17 heavy (non-hydrogen) atoms. The van der Waals surface area contributed by atoms with Gasteiger partial charge in [0.25, 0.3) is 0 Å². The largest absolute Gasteiger partial charge is 0.340 e. The quantitative estimate of drug-likeness (QED) is 0.781. The van der Waals surface area contributed by atoms with E-state index in [-0.39, 0.29) is 11.9 Å². The zero-order valence-electron chi connectivity index (χ0n) is 11.1. The van der Waals surface area contributed by atoms with E-state index in [4.69, 9.17) is 0 Å². The predicted molar refractivity (Wildman–Crippen MR) is 68.9 cm³/mol. The Kier molecular flexibility index (Phi) is 4.40. The zero-order valence-corrected chi connectivity index (χ0v) is 11.1. The van der Waals surface area contributed by atoms with E-state index < -0.39 is 0 Å². The summed E-state index contributed by atoms with van der Waals surface area (Å²) in [5, 5.41) is 3.22. The highest BCUT2D eigenvalue weighted by atomic mass is 16.2. The molecule has 0 spiro atoms. The van der Waals surface area contributed by atoms with Gasteiger partial charge in [-0.1, -0.05) is 6.92 Å². The molecule has 0 aromatic heterocycles. The second-order valence-corrected chi connectivity index (χ2v) is 5.34. The summed E-state index contributed by atoms with van der Waals surface area (Å²) < 4.78 is 0. The maximum Gasteiger partial charge on any atom is 0.239 e. The first-order valence-corrected chi connectivity index (χ1v) is 6.95. The number of rotatable bonds is 3. The predicted octanol–water partition coefficient (Wildman–Crippen LogP) is 0.539. The molecule has 0 aromatic rings. The second-order valence-electron chi connectivity index (χ2n) is 5.34. The molecule has 0 aliphatic carbocycles. The maximum absolute atomic E-state index is 12.0. The number of likely N-dealkylation sites (tertiary alicyclic amines) is 1. The van der Waals surface area contributed by atoms with Crippen LogP contribution < -0.4 is 5.32 Å². The molecule has 98 valence electrons. The highest BCUT2D eigenvalue weighted by Gasteiger charge is 2.28. The fraction of sp³-hybridized carbons (Fsp3) is 0.923. The average molecular weight is 239 g/mol. The average Bonchev–Trinajstić information content (AvgIpc) is 2.36. The van der Waals surface area contributed by atoms with E-state index in [9.17, 15) is 4.79 Å². The standard InChI is InChI=1S/C13H25N3O/c1-3-15-7-4-12(5-8-15)10-16-9-6-14-11(2)13(16)17/h11-12,14H,3-10H2,1-2H3. The fourth-order valence-corrected chi connectivity index (χ4v) is 2.87. The summed E-state index contributed by atoms with van der Waals surface area (Å²) in [6, 6.07) is 0.0134. The van der Waals surface area contributed by atoms with Crippen molar-refractivity contribution in [3.63, 3.8) is 0 Å². The minimum Gasteiger partial charge on any atom is -0.340 e. The van der Waals surface area contributed by atoms with Crippen LogP contribution in [0.25, 0.3) is 0 Å². The van der Waals surface area contributed by atoms with Crippen LogP contribution in [0.15, 0.2) is 0 Å². The van der Waals surface area contributed by atoms with Crippen molar-refractivity contribution in [2.24, 2.45) is 5.92 Å². The molecule has 1 amide bonds. The molecule has 0 saturated carbocycles. The molecule has 2 aliphatic heterocycles. The van der Waals surface area contributed by atoms with E-state index in [1.165, 1.54) is 25.9 Å². The molecule has 1 unspecified atom stereocenters. The van der Waals surface area contributed by atoms with Gasteiger partial charge < -0.3 is 15.1 Å². The van der Waals surface area contributed by atoms with Crippen LogP contribution in [0.3, 0.4) is 0 Å². The number of piperidine rings is 1. The maximum atomic E-state index is 12.0.